The quantitative estimate of drug-likeness (QED) is 0.613. The van der Waals surface area contributed by atoms with Gasteiger partial charge in [-0.2, -0.15) is 0 Å². The molecule has 2 rings (SSSR count). The van der Waals surface area contributed by atoms with Crippen molar-refractivity contribution in [1.29, 1.82) is 0 Å². The first-order valence-corrected chi connectivity index (χ1v) is 7.91. The van der Waals surface area contributed by atoms with Crippen LogP contribution in [0.2, 0.25) is 0 Å². The molecule has 0 atom stereocenters. The van der Waals surface area contributed by atoms with Gasteiger partial charge in [0.25, 0.3) is 0 Å². The van der Waals surface area contributed by atoms with Gasteiger partial charge in [0, 0.05) is 32.7 Å². The molecule has 0 aromatic rings. The van der Waals surface area contributed by atoms with Gasteiger partial charge in [-0.05, 0) is 32.7 Å². The van der Waals surface area contributed by atoms with Crippen molar-refractivity contribution < 1.29 is 14.6 Å². The van der Waals surface area contributed by atoms with E-state index in [1.807, 2.05) is 0 Å². The third-order valence-electron chi connectivity index (χ3n) is 4.55. The van der Waals surface area contributed by atoms with Crippen molar-refractivity contribution >= 4 is 5.97 Å². The Bertz CT molecular complexity index is 306. The van der Waals surface area contributed by atoms with E-state index in [2.05, 4.69) is 16.8 Å². The fraction of sp³-hybridized carbons (Fsp3) is 0.933. The maximum atomic E-state index is 12.1. The molecule has 0 unspecified atom stereocenters. The zero-order valence-corrected chi connectivity index (χ0v) is 12.6. The van der Waals surface area contributed by atoms with Crippen LogP contribution in [0.1, 0.15) is 38.5 Å². The summed E-state index contributed by atoms with van der Waals surface area (Å²) in [6.45, 7) is 5.35. The second-order valence-corrected chi connectivity index (χ2v) is 6.23. The van der Waals surface area contributed by atoms with Crippen LogP contribution in [0.25, 0.3) is 0 Å². The van der Waals surface area contributed by atoms with Crippen molar-refractivity contribution in [2.75, 3.05) is 46.4 Å². The van der Waals surface area contributed by atoms with Crippen LogP contribution >= 0.6 is 0 Å². The Morgan fingerprint density at radius 1 is 1.10 bits per heavy atom. The molecule has 2 aliphatic rings. The van der Waals surface area contributed by atoms with Gasteiger partial charge in [-0.1, -0.05) is 12.8 Å². The minimum absolute atomic E-state index is 0.394. The predicted molar refractivity (Wildman–Crippen MR) is 77.5 cm³/mol. The molecule has 116 valence electrons. The predicted octanol–water partition coefficient (Wildman–Crippen LogP) is 0.862. The van der Waals surface area contributed by atoms with E-state index in [1.54, 1.807) is 0 Å². The van der Waals surface area contributed by atoms with Gasteiger partial charge in [0.2, 0.25) is 0 Å². The first kappa shape index (κ1) is 15.7. The Morgan fingerprint density at radius 3 is 2.30 bits per heavy atom. The van der Waals surface area contributed by atoms with Gasteiger partial charge < -0.3 is 14.7 Å². The van der Waals surface area contributed by atoms with Gasteiger partial charge in [0.1, 0.15) is 6.61 Å². The maximum absolute atomic E-state index is 12.1. The molecule has 0 bridgehead atoms. The first-order valence-electron chi connectivity index (χ1n) is 7.91. The zero-order valence-electron chi connectivity index (χ0n) is 12.6. The van der Waals surface area contributed by atoms with E-state index in [9.17, 15) is 9.90 Å². The van der Waals surface area contributed by atoms with Crippen molar-refractivity contribution in [3.63, 3.8) is 0 Å². The van der Waals surface area contributed by atoms with E-state index < -0.39 is 11.6 Å². The molecule has 0 aromatic carbocycles. The van der Waals surface area contributed by atoms with Gasteiger partial charge in [-0.3, -0.25) is 4.90 Å². The van der Waals surface area contributed by atoms with Crippen molar-refractivity contribution in [2.45, 2.75) is 44.1 Å². The van der Waals surface area contributed by atoms with E-state index in [0.717, 1.165) is 58.4 Å². The third kappa shape index (κ3) is 4.43. The van der Waals surface area contributed by atoms with Crippen LogP contribution in [0, 0.1) is 0 Å². The Hall–Kier alpha value is -0.650. The molecule has 0 spiro atoms. The minimum atomic E-state index is -1.22. The van der Waals surface area contributed by atoms with E-state index in [-0.39, 0.29) is 0 Å². The molecule has 0 aromatic heterocycles. The van der Waals surface area contributed by atoms with E-state index in [4.69, 9.17) is 4.74 Å². The molecule has 1 heterocycles. The number of carbonyl (C=O) groups excluding carboxylic acids is 1. The van der Waals surface area contributed by atoms with Crippen molar-refractivity contribution in [3.8, 4) is 0 Å². The summed E-state index contributed by atoms with van der Waals surface area (Å²) in [4.78, 5) is 16.7. The highest BCUT2D eigenvalue weighted by Crippen LogP contribution is 2.28. The fourth-order valence-electron chi connectivity index (χ4n) is 2.99. The average molecular weight is 284 g/mol. The molecule has 5 nitrogen and oxygen atoms in total. The number of piperazine rings is 1. The lowest BCUT2D eigenvalue weighted by Gasteiger charge is -2.32. The fourth-order valence-corrected chi connectivity index (χ4v) is 2.99. The zero-order chi connectivity index (χ0) is 14.4. The molecule has 1 N–H and O–H groups in total. The van der Waals surface area contributed by atoms with E-state index in [0.29, 0.717) is 19.4 Å². The molecule has 20 heavy (non-hydrogen) atoms. The number of ether oxygens (including phenoxy) is 1. The summed E-state index contributed by atoms with van der Waals surface area (Å²) in [6.07, 6.45) is 5.17. The number of likely N-dealkylation sites (N-methyl/N-ethyl adjacent to an activating group) is 1. The number of nitrogens with zero attached hydrogens (tertiary/aromatic N) is 2. The van der Waals surface area contributed by atoms with E-state index >= 15 is 0 Å². The Balaban J connectivity index is 1.69. The number of hydrogen-bond acceptors (Lipinski definition) is 5. The molecule has 0 radical (unpaired) electrons. The molecule has 1 saturated heterocycles. The summed E-state index contributed by atoms with van der Waals surface area (Å²) in [5, 5.41) is 10.4. The summed E-state index contributed by atoms with van der Waals surface area (Å²) in [5.74, 6) is -0.409. The van der Waals surface area contributed by atoms with Gasteiger partial charge >= 0.3 is 5.97 Å². The smallest absolute Gasteiger partial charge is 0.338 e. The standard InChI is InChI=1S/C15H28N2O3/c1-16-8-10-17(11-9-16)12-13-20-14(18)15(19)6-4-2-3-5-7-15/h19H,2-13H2,1H3. The van der Waals surface area contributed by atoms with Gasteiger partial charge in [-0.15, -0.1) is 0 Å². The lowest BCUT2D eigenvalue weighted by Crippen LogP contribution is -2.46. The van der Waals surface area contributed by atoms with Gasteiger partial charge in [0.15, 0.2) is 5.60 Å². The molecule has 1 aliphatic heterocycles. The average Bonchev–Trinajstić information content (AvgIpc) is 2.67. The summed E-state index contributed by atoms with van der Waals surface area (Å²) in [7, 11) is 2.12. The van der Waals surface area contributed by atoms with Crippen LogP contribution in [-0.2, 0) is 9.53 Å². The second kappa shape index (κ2) is 7.38. The van der Waals surface area contributed by atoms with Crippen LogP contribution in [0.5, 0.6) is 0 Å². The molecule has 2 fully saturated rings. The lowest BCUT2D eigenvalue weighted by molar-refractivity contribution is -0.167. The van der Waals surface area contributed by atoms with E-state index in [1.165, 1.54) is 0 Å². The van der Waals surface area contributed by atoms with Crippen molar-refractivity contribution in [2.24, 2.45) is 0 Å². The summed E-state index contributed by atoms with van der Waals surface area (Å²) < 4.78 is 5.33. The highest BCUT2D eigenvalue weighted by Gasteiger charge is 2.37. The number of hydrogen-bond donors (Lipinski definition) is 1. The summed E-state index contributed by atoms with van der Waals surface area (Å²) >= 11 is 0. The van der Waals surface area contributed by atoms with Crippen LogP contribution in [0.3, 0.4) is 0 Å². The van der Waals surface area contributed by atoms with Crippen LogP contribution < -0.4 is 0 Å². The molecule has 1 aliphatic carbocycles. The minimum Gasteiger partial charge on any atom is -0.462 e. The topological polar surface area (TPSA) is 53.0 Å². The monoisotopic (exact) mass is 284 g/mol. The number of esters is 1. The Kier molecular flexibility index (Phi) is 5.81. The lowest BCUT2D eigenvalue weighted by atomic mass is 9.95. The van der Waals surface area contributed by atoms with Crippen molar-refractivity contribution in [1.82, 2.24) is 9.80 Å². The van der Waals surface area contributed by atoms with Crippen molar-refractivity contribution in [3.05, 3.63) is 0 Å². The van der Waals surface area contributed by atoms with Crippen LogP contribution in [0.15, 0.2) is 0 Å². The number of rotatable bonds is 4. The normalized spacial score (nSPS) is 25.1. The van der Waals surface area contributed by atoms with Gasteiger partial charge in [0.05, 0.1) is 0 Å². The molecule has 5 heteroatoms. The SMILES string of the molecule is CN1CCN(CCOC(=O)C2(O)CCCCCC2)CC1. The second-order valence-electron chi connectivity index (χ2n) is 6.23. The summed E-state index contributed by atoms with van der Waals surface area (Å²) in [6, 6.07) is 0. The maximum Gasteiger partial charge on any atom is 0.338 e. The number of carbonyl (C=O) groups is 1. The first-order chi connectivity index (χ1) is 9.60. The Morgan fingerprint density at radius 2 is 1.70 bits per heavy atom. The van der Waals surface area contributed by atoms with Crippen LogP contribution in [-0.4, -0.2) is 72.9 Å². The highest BCUT2D eigenvalue weighted by atomic mass is 16.5. The Labute approximate surface area is 121 Å². The number of aliphatic hydroxyl groups is 1. The summed E-state index contributed by atoms with van der Waals surface area (Å²) in [5.41, 5.74) is -1.22. The molecular formula is C15H28N2O3. The third-order valence-corrected chi connectivity index (χ3v) is 4.55. The largest absolute Gasteiger partial charge is 0.462 e. The molecular weight excluding hydrogens is 256 g/mol. The van der Waals surface area contributed by atoms with Crippen LogP contribution in [0.4, 0.5) is 0 Å². The molecule has 1 saturated carbocycles. The van der Waals surface area contributed by atoms with Gasteiger partial charge in [-0.25, -0.2) is 4.79 Å². The highest BCUT2D eigenvalue weighted by molar-refractivity contribution is 5.79. The molecule has 0 amide bonds.